The molecule has 0 bridgehead atoms. The summed E-state index contributed by atoms with van der Waals surface area (Å²) in [6, 6.07) is 12.9. The van der Waals surface area contributed by atoms with Gasteiger partial charge in [0.25, 0.3) is 5.91 Å². The van der Waals surface area contributed by atoms with Crippen LogP contribution in [-0.2, 0) is 16.1 Å². The van der Waals surface area contributed by atoms with Gasteiger partial charge in [0, 0.05) is 50.6 Å². The van der Waals surface area contributed by atoms with Crippen molar-refractivity contribution in [3.8, 4) is 5.75 Å². The maximum Gasteiger partial charge on any atom is 0.414 e. The first-order chi connectivity index (χ1) is 19.1. The van der Waals surface area contributed by atoms with Gasteiger partial charge in [0.15, 0.2) is 0 Å². The Balaban J connectivity index is 1.14. The number of ether oxygens (including phenoxy) is 3. The maximum atomic E-state index is 13.3. The number of benzene rings is 2. The number of halogens is 1. The number of nitrogens with zero attached hydrogens (tertiary/aromatic N) is 3. The van der Waals surface area contributed by atoms with Crippen LogP contribution in [0.5, 0.6) is 5.75 Å². The molecule has 0 atom stereocenters. The molecule has 0 saturated carbocycles. The molecule has 9 nitrogen and oxygen atoms in total. The quantitative estimate of drug-likeness (QED) is 0.457. The van der Waals surface area contributed by atoms with Gasteiger partial charge in [0.05, 0.1) is 16.3 Å². The molecule has 10 heteroatoms. The minimum Gasteiger partial charge on any atom is -0.490 e. The van der Waals surface area contributed by atoms with E-state index < -0.39 is 5.60 Å². The number of fused-ring (bicyclic) bond motifs is 1. The Morgan fingerprint density at radius 2 is 1.62 bits per heavy atom. The lowest BCUT2D eigenvalue weighted by atomic mass is 10.00. The topological polar surface area (TPSA) is 88.6 Å². The average molecular weight is 570 g/mol. The molecule has 0 unspecified atom stereocenters. The second-order valence-electron chi connectivity index (χ2n) is 11.5. The summed E-state index contributed by atoms with van der Waals surface area (Å²) in [5.41, 5.74) is 1.78. The molecule has 0 aliphatic carbocycles. The highest BCUT2D eigenvalue weighted by Gasteiger charge is 2.35. The highest BCUT2D eigenvalue weighted by molar-refractivity contribution is 6.34. The molecule has 0 radical (unpaired) electrons. The van der Waals surface area contributed by atoms with Gasteiger partial charge in [-0.1, -0.05) is 29.8 Å². The number of anilines is 1. The first-order valence-corrected chi connectivity index (χ1v) is 14.2. The number of hydrogen-bond acceptors (Lipinski definition) is 6. The highest BCUT2D eigenvalue weighted by Crippen LogP contribution is 2.33. The molecule has 0 aromatic heterocycles. The second-order valence-corrected chi connectivity index (χ2v) is 11.9. The van der Waals surface area contributed by atoms with Crippen molar-refractivity contribution in [3.05, 3.63) is 58.6 Å². The summed E-state index contributed by atoms with van der Waals surface area (Å²) < 4.78 is 17.0. The van der Waals surface area contributed by atoms with E-state index in [4.69, 9.17) is 25.8 Å². The molecule has 5 rings (SSSR count). The van der Waals surface area contributed by atoms with E-state index in [0.29, 0.717) is 68.2 Å². The predicted molar refractivity (Wildman–Crippen MR) is 151 cm³/mol. The molecular weight excluding hydrogens is 534 g/mol. The number of carbonyl (C=O) groups excluding carboxylic acids is 3. The molecule has 214 valence electrons. The zero-order chi connectivity index (χ0) is 28.4. The first-order valence-electron chi connectivity index (χ1n) is 13.9. The third-order valence-electron chi connectivity index (χ3n) is 7.48. The van der Waals surface area contributed by atoms with Crippen molar-refractivity contribution in [1.29, 1.82) is 0 Å². The number of rotatable bonds is 4. The Morgan fingerprint density at radius 1 is 0.950 bits per heavy atom. The van der Waals surface area contributed by atoms with Crippen molar-refractivity contribution >= 4 is 35.4 Å². The predicted octanol–water partition coefficient (Wildman–Crippen LogP) is 5.88. The van der Waals surface area contributed by atoms with Gasteiger partial charge in [-0.05, 0) is 57.9 Å². The van der Waals surface area contributed by atoms with Gasteiger partial charge in [-0.2, -0.15) is 0 Å². The molecule has 2 aromatic rings. The van der Waals surface area contributed by atoms with Gasteiger partial charge in [-0.15, -0.1) is 0 Å². The number of carbonyl (C=O) groups is 3. The fraction of sp³-hybridized carbons (Fsp3) is 0.500. The zero-order valence-electron chi connectivity index (χ0n) is 23.2. The van der Waals surface area contributed by atoms with Crippen molar-refractivity contribution < 1.29 is 28.6 Å². The van der Waals surface area contributed by atoms with E-state index in [9.17, 15) is 14.4 Å². The summed E-state index contributed by atoms with van der Waals surface area (Å²) in [6.07, 6.45) is 1.97. The van der Waals surface area contributed by atoms with E-state index in [2.05, 4.69) is 0 Å². The molecule has 3 aliphatic rings. The monoisotopic (exact) mass is 569 g/mol. The van der Waals surface area contributed by atoms with Crippen LogP contribution in [0.3, 0.4) is 0 Å². The Bertz CT molecular complexity index is 1260. The Hall–Kier alpha value is -3.46. The molecule has 0 N–H and O–H groups in total. The van der Waals surface area contributed by atoms with Gasteiger partial charge in [0.1, 0.15) is 24.1 Å². The summed E-state index contributed by atoms with van der Waals surface area (Å²) in [5, 5.41) is 0.337. The lowest BCUT2D eigenvalue weighted by Gasteiger charge is -2.40. The summed E-state index contributed by atoms with van der Waals surface area (Å²) in [5.74, 6) is 0.459. The van der Waals surface area contributed by atoms with Crippen molar-refractivity contribution in [3.63, 3.8) is 0 Å². The first kappa shape index (κ1) is 28.1. The standard InChI is InChI=1S/C30H36ClN3O6/c1-30(2,3)40-28(36)33-16-12-22(13-17-33)39-23-8-9-24(25(31)18-23)27(35)32-14-10-21(11-15-32)34-26-7-5-4-6-20(26)19-38-29(34)37/h4-9,18,21-22H,10-17,19H2,1-3H3. The zero-order valence-corrected chi connectivity index (χ0v) is 24.0. The molecule has 2 aromatic carbocycles. The van der Waals surface area contributed by atoms with Crippen LogP contribution in [-0.4, -0.2) is 71.8 Å². The summed E-state index contributed by atoms with van der Waals surface area (Å²) in [6.45, 7) is 7.99. The minimum absolute atomic E-state index is 0.0361. The van der Waals surface area contributed by atoms with Crippen molar-refractivity contribution in [1.82, 2.24) is 9.80 Å². The number of cyclic esters (lactones) is 1. The van der Waals surface area contributed by atoms with Crippen LogP contribution in [0.2, 0.25) is 5.02 Å². The van der Waals surface area contributed by atoms with Crippen molar-refractivity contribution in [2.75, 3.05) is 31.1 Å². The van der Waals surface area contributed by atoms with Crippen LogP contribution in [0.4, 0.5) is 15.3 Å². The van der Waals surface area contributed by atoms with E-state index in [1.54, 1.807) is 32.9 Å². The fourth-order valence-corrected chi connectivity index (χ4v) is 5.69. The maximum absolute atomic E-state index is 13.3. The molecule has 3 heterocycles. The van der Waals surface area contributed by atoms with Crippen LogP contribution in [0.1, 0.15) is 62.4 Å². The SMILES string of the molecule is CC(C)(C)OC(=O)N1CCC(Oc2ccc(C(=O)N3CCC(N4C(=O)OCc5ccccc54)CC3)c(Cl)c2)CC1. The largest absolute Gasteiger partial charge is 0.490 e. The van der Waals surface area contributed by atoms with Gasteiger partial charge in [0.2, 0.25) is 0 Å². The minimum atomic E-state index is -0.524. The Labute approximate surface area is 239 Å². The highest BCUT2D eigenvalue weighted by atomic mass is 35.5. The second kappa shape index (κ2) is 11.6. The number of para-hydroxylation sites is 1. The third-order valence-corrected chi connectivity index (χ3v) is 7.80. The van der Waals surface area contributed by atoms with E-state index in [1.165, 1.54) is 0 Å². The van der Waals surface area contributed by atoms with Crippen molar-refractivity contribution in [2.24, 2.45) is 0 Å². The van der Waals surface area contributed by atoms with Gasteiger partial charge in [-0.25, -0.2) is 9.59 Å². The van der Waals surface area contributed by atoms with E-state index in [-0.39, 0.29) is 36.8 Å². The van der Waals surface area contributed by atoms with Gasteiger partial charge < -0.3 is 24.0 Å². The Kier molecular flexibility index (Phi) is 8.12. The van der Waals surface area contributed by atoms with E-state index in [0.717, 1.165) is 11.3 Å². The normalized spacial score (nSPS) is 18.7. The number of likely N-dealkylation sites (tertiary alicyclic amines) is 2. The number of hydrogen-bond donors (Lipinski definition) is 0. The van der Waals surface area contributed by atoms with E-state index in [1.807, 2.05) is 45.0 Å². The van der Waals surface area contributed by atoms with E-state index >= 15 is 0 Å². The number of amides is 3. The van der Waals surface area contributed by atoms with Crippen LogP contribution in [0.25, 0.3) is 0 Å². The fourth-order valence-electron chi connectivity index (χ4n) is 5.44. The molecule has 3 aliphatic heterocycles. The summed E-state index contributed by atoms with van der Waals surface area (Å²) >= 11 is 6.55. The molecule has 40 heavy (non-hydrogen) atoms. The smallest absolute Gasteiger partial charge is 0.414 e. The van der Waals surface area contributed by atoms with Crippen LogP contribution in [0.15, 0.2) is 42.5 Å². The van der Waals surface area contributed by atoms with Gasteiger partial charge >= 0.3 is 12.2 Å². The third kappa shape index (κ3) is 6.30. The average Bonchev–Trinajstić information content (AvgIpc) is 2.92. The summed E-state index contributed by atoms with van der Waals surface area (Å²) in [7, 11) is 0. The molecule has 0 spiro atoms. The molecular formula is C30H36ClN3O6. The van der Waals surface area contributed by atoms with Crippen LogP contribution >= 0.6 is 11.6 Å². The van der Waals surface area contributed by atoms with Crippen LogP contribution in [0, 0.1) is 0 Å². The number of piperidine rings is 2. The van der Waals surface area contributed by atoms with Gasteiger partial charge in [-0.3, -0.25) is 9.69 Å². The summed E-state index contributed by atoms with van der Waals surface area (Å²) in [4.78, 5) is 43.4. The molecule has 3 amide bonds. The molecule has 2 saturated heterocycles. The molecule has 2 fully saturated rings. The lowest BCUT2D eigenvalue weighted by molar-refractivity contribution is 0.0126. The Morgan fingerprint density at radius 3 is 2.30 bits per heavy atom. The lowest BCUT2D eigenvalue weighted by Crippen LogP contribution is -2.50. The van der Waals surface area contributed by atoms with Crippen molar-refractivity contribution in [2.45, 2.75) is 70.8 Å². The van der Waals surface area contributed by atoms with Crippen LogP contribution < -0.4 is 9.64 Å².